The molecule has 4 aromatic carbocycles. The summed E-state index contributed by atoms with van der Waals surface area (Å²) >= 11 is 13.9. The van der Waals surface area contributed by atoms with Gasteiger partial charge >= 0.3 is 11.9 Å². The van der Waals surface area contributed by atoms with Crippen molar-refractivity contribution in [2.45, 2.75) is 104 Å². The summed E-state index contributed by atoms with van der Waals surface area (Å²) < 4.78 is 25.6. The Labute approximate surface area is 453 Å². The molecule has 2 atom stereocenters. The van der Waals surface area contributed by atoms with Crippen molar-refractivity contribution in [2.75, 3.05) is 13.1 Å². The van der Waals surface area contributed by atoms with E-state index in [2.05, 4.69) is 48.1 Å². The molecule has 18 heteroatoms. The van der Waals surface area contributed by atoms with Crippen LogP contribution < -0.4 is 18.9 Å². The number of carboxylic acids is 2. The third-order valence-electron chi connectivity index (χ3n) is 13.4. The number of likely N-dealkylation sites (tertiary alicyclic amines) is 2. The second-order valence-corrected chi connectivity index (χ2v) is 19.0. The Hall–Kier alpha value is -6.62. The molecule has 2 aliphatic rings. The highest BCUT2D eigenvalue weighted by Crippen LogP contribution is 2.39. The van der Waals surface area contributed by atoms with Gasteiger partial charge in [-0.1, -0.05) is 72.4 Å². The van der Waals surface area contributed by atoms with Gasteiger partial charge in [-0.15, -0.1) is 24.8 Å². The Morgan fingerprint density at radius 2 is 0.986 bits per heavy atom. The molecule has 0 bridgehead atoms. The first-order valence-electron chi connectivity index (χ1n) is 23.8. The van der Waals surface area contributed by atoms with Crippen molar-refractivity contribution in [1.29, 1.82) is 10.5 Å². The number of hydrogen-bond acceptors (Lipinski definition) is 12. The number of nitriles is 2. The molecular formula is C56H56Cl4N6O8. The number of nitrogens with zero attached hydrogens (tertiary/aromatic N) is 6. The molecule has 0 amide bonds. The van der Waals surface area contributed by atoms with Crippen LogP contribution in [-0.4, -0.2) is 67.1 Å². The Morgan fingerprint density at radius 3 is 1.38 bits per heavy atom. The summed E-state index contributed by atoms with van der Waals surface area (Å²) in [5.74, 6) is 0.0453. The number of ether oxygens (including phenoxy) is 4. The fraction of sp³-hybridized carbons (Fsp3) is 0.321. The minimum Gasteiger partial charge on any atom is -0.488 e. The van der Waals surface area contributed by atoms with E-state index in [9.17, 15) is 30.3 Å². The van der Waals surface area contributed by atoms with Gasteiger partial charge in [-0.2, -0.15) is 10.5 Å². The third kappa shape index (κ3) is 13.9. The maximum Gasteiger partial charge on any atom is 0.320 e. The number of hydrogen-bond donors (Lipinski definition) is 2. The molecular weight excluding hydrogens is 1030 g/mol. The molecule has 0 aliphatic carbocycles. The molecule has 4 heterocycles. The number of aliphatic carboxylic acids is 2. The van der Waals surface area contributed by atoms with Crippen LogP contribution in [0.5, 0.6) is 23.0 Å². The number of aromatic nitrogens is 2. The van der Waals surface area contributed by atoms with E-state index in [1.54, 1.807) is 48.8 Å². The summed E-state index contributed by atoms with van der Waals surface area (Å²) in [6.07, 6.45) is 10.8. The van der Waals surface area contributed by atoms with Gasteiger partial charge in [0.05, 0.1) is 21.2 Å². The molecule has 2 saturated heterocycles. The van der Waals surface area contributed by atoms with Gasteiger partial charge in [0.25, 0.3) is 0 Å². The average molecular weight is 1080 g/mol. The Morgan fingerprint density at radius 1 is 0.581 bits per heavy atom. The van der Waals surface area contributed by atoms with Crippen molar-refractivity contribution < 1.29 is 38.7 Å². The van der Waals surface area contributed by atoms with Crippen LogP contribution in [-0.2, 0) is 49.1 Å². The lowest BCUT2D eigenvalue weighted by Gasteiger charge is -2.33. The van der Waals surface area contributed by atoms with E-state index >= 15 is 0 Å². The van der Waals surface area contributed by atoms with Crippen LogP contribution in [0.1, 0.15) is 94.2 Å². The maximum atomic E-state index is 12.2. The standard InChI is InChI=1S/C56H54Cl2N6O8.2ClH/c1-35-41(33-71-53-21-51(69-31-39-17-37(23-59)25-61-27-39)43(19-47(53)57)29-63-15-5-3-13-49(63)55(65)66)9-7-11-45(35)46-12-8-10-42(36(46)2)34-72-54-22-52(70-32-40-18-38(24-60)26-62-28-40)44(20-48(54)58)30-64-16-6-4-14-50(64)56(67)68;;/h7-12,17-22,25-28,49-50H,3-6,13-16,29-34H2,1-2H3,(H,65,66)(H,67,68);2*1H/t49-,50-;;/m0../s1. The summed E-state index contributed by atoms with van der Waals surface area (Å²) in [6.45, 7) is 6.60. The van der Waals surface area contributed by atoms with Crippen LogP contribution >= 0.6 is 48.0 Å². The number of piperidine rings is 2. The van der Waals surface area contributed by atoms with Crippen molar-refractivity contribution >= 4 is 60.0 Å². The van der Waals surface area contributed by atoms with Crippen molar-refractivity contribution in [3.05, 3.63) is 163 Å². The summed E-state index contributed by atoms with van der Waals surface area (Å²) in [5.41, 5.74) is 9.55. The van der Waals surface area contributed by atoms with Crippen LogP contribution in [0.2, 0.25) is 10.0 Å². The lowest BCUT2D eigenvalue weighted by Crippen LogP contribution is -2.44. The maximum absolute atomic E-state index is 12.2. The molecule has 386 valence electrons. The molecule has 0 saturated carbocycles. The van der Waals surface area contributed by atoms with E-state index in [0.717, 1.165) is 70.2 Å². The Balaban J connectivity index is 0.00000446. The smallest absolute Gasteiger partial charge is 0.320 e. The molecule has 74 heavy (non-hydrogen) atoms. The zero-order valence-corrected chi connectivity index (χ0v) is 44.0. The molecule has 2 N–H and O–H groups in total. The van der Waals surface area contributed by atoms with Crippen LogP contribution in [0.4, 0.5) is 0 Å². The second-order valence-electron chi connectivity index (χ2n) is 18.1. The van der Waals surface area contributed by atoms with Crippen molar-refractivity contribution in [3.63, 3.8) is 0 Å². The van der Waals surface area contributed by atoms with Gasteiger partial charge in [-0.05, 0) is 110 Å². The minimum atomic E-state index is -0.860. The topological polar surface area (TPSA) is 191 Å². The molecule has 2 aliphatic heterocycles. The lowest BCUT2D eigenvalue weighted by atomic mass is 9.92. The summed E-state index contributed by atoms with van der Waals surface area (Å²) in [4.78, 5) is 36.6. The largest absolute Gasteiger partial charge is 0.488 e. The van der Waals surface area contributed by atoms with Gasteiger partial charge in [0, 0.05) is 72.3 Å². The van der Waals surface area contributed by atoms with Gasteiger partial charge in [-0.3, -0.25) is 29.4 Å². The molecule has 0 radical (unpaired) electrons. The molecule has 0 unspecified atom stereocenters. The predicted molar refractivity (Wildman–Crippen MR) is 285 cm³/mol. The first kappa shape index (κ1) is 56.7. The molecule has 0 spiro atoms. The third-order valence-corrected chi connectivity index (χ3v) is 14.0. The van der Waals surface area contributed by atoms with E-state index in [4.69, 9.17) is 42.1 Å². The average Bonchev–Trinajstić information content (AvgIpc) is 3.38. The highest BCUT2D eigenvalue weighted by Gasteiger charge is 2.31. The SMILES string of the molecule is Cc1c(COc2cc(OCc3cncc(C#N)c3)c(CN3CCCC[C@H]3C(=O)O)cc2Cl)cccc1-c1cccc(COc2cc(OCc3cncc(C#N)c3)c(CN3CCCC[C@H]3C(=O)O)cc2Cl)c1C.Cl.Cl. The highest BCUT2D eigenvalue weighted by molar-refractivity contribution is 6.32. The van der Waals surface area contributed by atoms with Crippen LogP contribution in [0.3, 0.4) is 0 Å². The first-order chi connectivity index (χ1) is 34.9. The van der Waals surface area contributed by atoms with E-state index in [1.807, 2.05) is 34.1 Å². The zero-order chi connectivity index (χ0) is 50.7. The number of benzene rings is 4. The van der Waals surface area contributed by atoms with Gasteiger partial charge in [0.1, 0.15) is 73.6 Å². The van der Waals surface area contributed by atoms with Crippen LogP contribution in [0.25, 0.3) is 11.1 Å². The second kappa shape index (κ2) is 26.5. The molecule has 2 fully saturated rings. The minimum absolute atomic E-state index is 0. The number of carbonyl (C=O) groups is 2. The van der Waals surface area contributed by atoms with E-state index in [0.29, 0.717) is 94.3 Å². The molecule has 14 nitrogen and oxygen atoms in total. The van der Waals surface area contributed by atoms with E-state index in [1.165, 1.54) is 12.4 Å². The summed E-state index contributed by atoms with van der Waals surface area (Å²) in [5, 5.41) is 39.6. The van der Waals surface area contributed by atoms with Crippen molar-refractivity contribution in [3.8, 4) is 46.3 Å². The number of carboxylic acid groups (broad SMARTS) is 2. The monoisotopic (exact) mass is 1080 g/mol. The van der Waals surface area contributed by atoms with Gasteiger partial charge < -0.3 is 29.2 Å². The van der Waals surface area contributed by atoms with Gasteiger partial charge in [-0.25, -0.2) is 0 Å². The number of halogens is 4. The van der Waals surface area contributed by atoms with Crippen molar-refractivity contribution in [2.24, 2.45) is 0 Å². The Bertz CT molecular complexity index is 2850. The number of rotatable bonds is 19. The quantitative estimate of drug-likeness (QED) is 0.0778. The predicted octanol–water partition coefficient (Wildman–Crippen LogP) is 11.8. The van der Waals surface area contributed by atoms with Gasteiger partial charge in [0.2, 0.25) is 0 Å². The van der Waals surface area contributed by atoms with Crippen LogP contribution in [0.15, 0.2) is 97.6 Å². The normalized spacial score (nSPS) is 15.6. The van der Waals surface area contributed by atoms with Crippen LogP contribution in [0, 0.1) is 36.5 Å². The van der Waals surface area contributed by atoms with Crippen molar-refractivity contribution in [1.82, 2.24) is 19.8 Å². The van der Waals surface area contributed by atoms with E-state index in [-0.39, 0.29) is 51.2 Å². The summed E-state index contributed by atoms with van der Waals surface area (Å²) in [6, 6.07) is 25.6. The highest BCUT2D eigenvalue weighted by atomic mass is 35.5. The summed E-state index contributed by atoms with van der Waals surface area (Å²) in [7, 11) is 0. The fourth-order valence-electron chi connectivity index (χ4n) is 9.40. The fourth-order valence-corrected chi connectivity index (χ4v) is 9.88. The zero-order valence-electron chi connectivity index (χ0n) is 40.9. The molecule has 8 rings (SSSR count). The number of pyridine rings is 2. The first-order valence-corrected chi connectivity index (χ1v) is 24.6. The molecule has 2 aromatic heterocycles. The molecule has 6 aromatic rings. The van der Waals surface area contributed by atoms with E-state index < -0.39 is 24.0 Å². The van der Waals surface area contributed by atoms with Gasteiger partial charge in [0.15, 0.2) is 0 Å². The lowest BCUT2D eigenvalue weighted by molar-refractivity contribution is -0.145. The Kier molecular flexibility index (Phi) is 20.3.